The molecule has 0 aromatic heterocycles. The first-order chi connectivity index (χ1) is 7.54. The maximum Gasteiger partial charge on any atom is 0.250 e. The van der Waals surface area contributed by atoms with Crippen LogP contribution in [0.25, 0.3) is 0 Å². The molecule has 96 valence electrons. The molecule has 0 bridgehead atoms. The standard InChI is InChI=1S/C12H17Cl2IOSi/c1-12(2,3)17(4,5)16-11-7-10(15)8(13)6-9(11)14/h6-7H,1-5H3. The molecule has 1 rings (SSSR count). The zero-order valence-corrected chi connectivity index (χ0v) is 15.4. The maximum absolute atomic E-state index is 6.18. The van der Waals surface area contributed by atoms with Crippen molar-refractivity contribution >= 4 is 54.1 Å². The minimum Gasteiger partial charge on any atom is -0.542 e. The molecule has 1 nitrogen and oxygen atoms in total. The zero-order chi connectivity index (χ0) is 13.4. The lowest BCUT2D eigenvalue weighted by molar-refractivity contribution is 0.492. The fourth-order valence-electron chi connectivity index (χ4n) is 1.01. The third-order valence-corrected chi connectivity index (χ3v) is 9.31. The molecule has 0 amide bonds. The van der Waals surface area contributed by atoms with Crippen molar-refractivity contribution in [2.75, 3.05) is 0 Å². The van der Waals surface area contributed by atoms with E-state index in [1.165, 1.54) is 0 Å². The molecular weight excluding hydrogens is 386 g/mol. The van der Waals surface area contributed by atoms with E-state index in [0.717, 1.165) is 9.32 Å². The molecule has 0 spiro atoms. The van der Waals surface area contributed by atoms with Gasteiger partial charge in [0.1, 0.15) is 5.75 Å². The Morgan fingerprint density at radius 1 is 1.12 bits per heavy atom. The SMILES string of the molecule is CC(C)(C)[Si](C)(C)Oc1cc(I)c(Cl)cc1Cl. The smallest absolute Gasteiger partial charge is 0.250 e. The second-order valence-electron chi connectivity index (χ2n) is 5.56. The molecule has 1 aromatic carbocycles. The van der Waals surface area contributed by atoms with E-state index in [0.29, 0.717) is 10.0 Å². The van der Waals surface area contributed by atoms with Gasteiger partial charge in [0.2, 0.25) is 0 Å². The van der Waals surface area contributed by atoms with E-state index in [9.17, 15) is 0 Å². The van der Waals surface area contributed by atoms with E-state index in [2.05, 4.69) is 56.5 Å². The third kappa shape index (κ3) is 3.75. The summed E-state index contributed by atoms with van der Waals surface area (Å²) in [7, 11) is -1.85. The fraction of sp³-hybridized carbons (Fsp3) is 0.500. The highest BCUT2D eigenvalue weighted by Crippen LogP contribution is 2.40. The van der Waals surface area contributed by atoms with E-state index >= 15 is 0 Å². The highest BCUT2D eigenvalue weighted by molar-refractivity contribution is 14.1. The van der Waals surface area contributed by atoms with Crippen LogP contribution in [0.5, 0.6) is 5.75 Å². The van der Waals surface area contributed by atoms with Gasteiger partial charge in [-0.2, -0.15) is 0 Å². The summed E-state index contributed by atoms with van der Waals surface area (Å²) in [5, 5.41) is 1.40. The summed E-state index contributed by atoms with van der Waals surface area (Å²) < 4.78 is 7.14. The topological polar surface area (TPSA) is 9.23 Å². The Bertz CT molecular complexity index is 427. The molecule has 17 heavy (non-hydrogen) atoms. The van der Waals surface area contributed by atoms with Crippen LogP contribution < -0.4 is 4.43 Å². The van der Waals surface area contributed by atoms with Crippen LogP contribution in [0.2, 0.25) is 28.2 Å². The lowest BCUT2D eigenvalue weighted by Crippen LogP contribution is -2.43. The fourth-order valence-corrected chi connectivity index (χ4v) is 2.96. The summed E-state index contributed by atoms with van der Waals surface area (Å²) in [5.41, 5.74) is 0. The van der Waals surface area contributed by atoms with Crippen LogP contribution >= 0.6 is 45.8 Å². The van der Waals surface area contributed by atoms with E-state index in [4.69, 9.17) is 27.6 Å². The van der Waals surface area contributed by atoms with E-state index < -0.39 is 8.32 Å². The monoisotopic (exact) mass is 402 g/mol. The van der Waals surface area contributed by atoms with Crippen LogP contribution in [0.15, 0.2) is 12.1 Å². The Kier molecular flexibility index (Phi) is 4.84. The van der Waals surface area contributed by atoms with Crippen molar-refractivity contribution in [3.05, 3.63) is 25.7 Å². The Balaban J connectivity index is 3.08. The first-order valence-electron chi connectivity index (χ1n) is 5.38. The van der Waals surface area contributed by atoms with Crippen molar-refractivity contribution in [2.45, 2.75) is 38.9 Å². The summed E-state index contributed by atoms with van der Waals surface area (Å²) in [6, 6.07) is 3.65. The van der Waals surface area contributed by atoms with Gasteiger partial charge in [-0.05, 0) is 52.9 Å². The van der Waals surface area contributed by atoms with Crippen molar-refractivity contribution in [2.24, 2.45) is 0 Å². The van der Waals surface area contributed by atoms with E-state index in [1.54, 1.807) is 6.07 Å². The molecule has 0 aliphatic carbocycles. The highest BCUT2D eigenvalue weighted by atomic mass is 127. The third-order valence-electron chi connectivity index (χ3n) is 3.15. The maximum atomic E-state index is 6.18. The second kappa shape index (κ2) is 5.27. The van der Waals surface area contributed by atoms with E-state index in [-0.39, 0.29) is 5.04 Å². The normalized spacial score (nSPS) is 12.7. The molecule has 0 heterocycles. The largest absolute Gasteiger partial charge is 0.542 e. The lowest BCUT2D eigenvalue weighted by atomic mass is 10.2. The zero-order valence-electron chi connectivity index (χ0n) is 10.7. The molecule has 0 fully saturated rings. The minimum absolute atomic E-state index is 0.154. The number of hydrogen-bond donors (Lipinski definition) is 0. The quantitative estimate of drug-likeness (QED) is 0.335. The average molecular weight is 403 g/mol. The average Bonchev–Trinajstić information content (AvgIpc) is 2.12. The Hall–Kier alpha value is 0.547. The highest BCUT2D eigenvalue weighted by Gasteiger charge is 2.39. The minimum atomic E-state index is -1.85. The van der Waals surface area contributed by atoms with Gasteiger partial charge in [0.05, 0.1) is 10.0 Å². The molecule has 0 radical (unpaired) electrons. The van der Waals surface area contributed by atoms with Gasteiger partial charge in [0, 0.05) is 3.57 Å². The molecule has 0 atom stereocenters. The van der Waals surface area contributed by atoms with Crippen LogP contribution in [-0.4, -0.2) is 8.32 Å². The van der Waals surface area contributed by atoms with Crippen LogP contribution in [0.1, 0.15) is 20.8 Å². The van der Waals surface area contributed by atoms with Gasteiger partial charge in [-0.3, -0.25) is 0 Å². The number of halogens is 3. The van der Waals surface area contributed by atoms with Crippen molar-refractivity contribution in [1.29, 1.82) is 0 Å². The summed E-state index contributed by atoms with van der Waals surface area (Å²) in [6.45, 7) is 11.0. The molecule has 0 saturated carbocycles. The van der Waals surface area contributed by atoms with Gasteiger partial charge in [0.25, 0.3) is 8.32 Å². The molecule has 1 aromatic rings. The van der Waals surface area contributed by atoms with Crippen LogP contribution in [-0.2, 0) is 0 Å². The number of rotatable bonds is 2. The molecule has 0 aliphatic heterocycles. The Morgan fingerprint density at radius 2 is 1.65 bits per heavy atom. The first kappa shape index (κ1) is 15.6. The Morgan fingerprint density at radius 3 is 2.12 bits per heavy atom. The van der Waals surface area contributed by atoms with Gasteiger partial charge in [0.15, 0.2) is 0 Å². The van der Waals surface area contributed by atoms with Crippen molar-refractivity contribution in [1.82, 2.24) is 0 Å². The van der Waals surface area contributed by atoms with Crippen molar-refractivity contribution in [3.8, 4) is 5.75 Å². The molecule has 0 unspecified atom stereocenters. The van der Waals surface area contributed by atoms with Crippen LogP contribution in [0.4, 0.5) is 0 Å². The molecular formula is C12H17Cl2IOSi. The van der Waals surface area contributed by atoms with Crippen LogP contribution in [0, 0.1) is 3.57 Å². The predicted molar refractivity (Wildman–Crippen MR) is 87.0 cm³/mol. The second-order valence-corrected chi connectivity index (χ2v) is 12.3. The Labute approximate surface area is 128 Å². The molecule has 0 saturated heterocycles. The van der Waals surface area contributed by atoms with Crippen molar-refractivity contribution in [3.63, 3.8) is 0 Å². The summed E-state index contributed by atoms with van der Waals surface area (Å²) in [4.78, 5) is 0. The van der Waals surface area contributed by atoms with Crippen molar-refractivity contribution < 1.29 is 4.43 Å². The van der Waals surface area contributed by atoms with Gasteiger partial charge in [-0.15, -0.1) is 0 Å². The molecule has 0 N–H and O–H groups in total. The van der Waals surface area contributed by atoms with Crippen LogP contribution in [0.3, 0.4) is 0 Å². The van der Waals surface area contributed by atoms with Gasteiger partial charge < -0.3 is 4.43 Å². The van der Waals surface area contributed by atoms with Gasteiger partial charge in [-0.25, -0.2) is 0 Å². The van der Waals surface area contributed by atoms with Gasteiger partial charge in [-0.1, -0.05) is 44.0 Å². The van der Waals surface area contributed by atoms with Gasteiger partial charge >= 0.3 is 0 Å². The molecule has 5 heteroatoms. The summed E-state index contributed by atoms with van der Waals surface area (Å²) >= 11 is 14.4. The van der Waals surface area contributed by atoms with E-state index in [1.807, 2.05) is 6.07 Å². The summed E-state index contributed by atoms with van der Waals surface area (Å²) in [5.74, 6) is 0.743. The number of benzene rings is 1. The predicted octanol–water partition coefficient (Wildman–Crippen LogP) is 5.98. The first-order valence-corrected chi connectivity index (χ1v) is 10.1. The number of hydrogen-bond acceptors (Lipinski definition) is 1. The lowest BCUT2D eigenvalue weighted by Gasteiger charge is -2.36. The molecule has 0 aliphatic rings. The summed E-state index contributed by atoms with van der Waals surface area (Å²) in [6.07, 6.45) is 0.